The number of carbonyl (C=O) groups excluding carboxylic acids is 6. The molecule has 3 fully saturated rings. The van der Waals surface area contributed by atoms with E-state index in [9.17, 15) is 0 Å². The lowest BCUT2D eigenvalue weighted by atomic mass is 9.84. The topological polar surface area (TPSA) is 128 Å². The summed E-state index contributed by atoms with van der Waals surface area (Å²) in [5, 5.41) is 0. The van der Waals surface area contributed by atoms with E-state index in [1.165, 1.54) is 102 Å². The molecule has 0 spiro atoms. The van der Waals surface area contributed by atoms with Gasteiger partial charge >= 0.3 is 18.5 Å². The average Bonchev–Trinajstić information content (AvgIpc) is 3.25. The molecule has 3 aliphatic rings. The van der Waals surface area contributed by atoms with Crippen LogP contribution >= 0.6 is 0 Å². The van der Waals surface area contributed by atoms with E-state index in [1.54, 1.807) is 16.7 Å². The van der Waals surface area contributed by atoms with E-state index in [4.69, 9.17) is 34.5 Å². The highest BCUT2D eigenvalue weighted by molar-refractivity contribution is 5.22. The molecule has 0 bridgehead atoms. The first-order valence-electron chi connectivity index (χ1n) is 19.4. The second-order valence-corrected chi connectivity index (χ2v) is 13.7. The lowest BCUT2D eigenvalue weighted by Gasteiger charge is -2.21. The number of nitrogens with two attached hydrogens (primary N) is 1. The molecule has 4 aromatic carbocycles. The summed E-state index contributed by atoms with van der Waals surface area (Å²) in [4.78, 5) is 48.8. The molecule has 1 atom stereocenters. The Bertz CT molecular complexity index is 1370. The molecule has 0 saturated heterocycles. The Morgan fingerprint density at radius 2 is 0.593 bits per heavy atom. The molecular formula is C47H59NO6. The second kappa shape index (κ2) is 32.6. The van der Waals surface area contributed by atoms with Crippen molar-refractivity contribution in [1.29, 1.82) is 0 Å². The Labute approximate surface area is 322 Å². The van der Waals surface area contributed by atoms with Crippen LogP contribution in [0.15, 0.2) is 121 Å². The van der Waals surface area contributed by atoms with Crippen LogP contribution < -0.4 is 5.73 Å². The molecule has 0 aromatic heterocycles. The van der Waals surface area contributed by atoms with Gasteiger partial charge in [-0.2, -0.15) is 28.8 Å². The van der Waals surface area contributed by atoms with E-state index >= 15 is 0 Å². The van der Waals surface area contributed by atoms with E-state index in [0.29, 0.717) is 0 Å². The van der Waals surface area contributed by atoms with E-state index in [0.717, 1.165) is 17.8 Å². The van der Waals surface area contributed by atoms with Crippen LogP contribution in [0.4, 0.5) is 0 Å². The highest BCUT2D eigenvalue weighted by Gasteiger charge is 2.16. The highest BCUT2D eigenvalue weighted by atomic mass is 16.2. The SMILES string of the molecule is C[C@@H](N)c1ccccc1.O=C=O.O=C=O.O=C=O.c1ccc(C2CCCCC2)cc1.c1ccc(C2CCCCC2)cc1.c1ccc(C2CCCCC2)cc1. The summed E-state index contributed by atoms with van der Waals surface area (Å²) in [7, 11) is 0. The normalized spacial score (nSPS) is 15.5. The predicted molar refractivity (Wildman–Crippen MR) is 211 cm³/mol. The van der Waals surface area contributed by atoms with E-state index < -0.39 is 0 Å². The van der Waals surface area contributed by atoms with Gasteiger partial charge in [-0.1, -0.05) is 179 Å². The van der Waals surface area contributed by atoms with Gasteiger partial charge in [0.2, 0.25) is 0 Å². The van der Waals surface area contributed by atoms with Gasteiger partial charge in [0.25, 0.3) is 0 Å². The molecule has 0 amide bonds. The molecule has 288 valence electrons. The Hall–Kier alpha value is -5.02. The maximum absolute atomic E-state index is 8.12. The van der Waals surface area contributed by atoms with Gasteiger partial charge in [-0.15, -0.1) is 0 Å². The van der Waals surface area contributed by atoms with Crippen LogP contribution in [0, 0.1) is 0 Å². The maximum atomic E-state index is 8.12. The number of hydrogen-bond acceptors (Lipinski definition) is 7. The summed E-state index contributed by atoms with van der Waals surface area (Å²) < 4.78 is 0. The smallest absolute Gasteiger partial charge is 0.324 e. The first-order valence-corrected chi connectivity index (χ1v) is 19.4. The second-order valence-electron chi connectivity index (χ2n) is 13.7. The summed E-state index contributed by atoms with van der Waals surface area (Å²) in [6.45, 7) is 1.98. The monoisotopic (exact) mass is 733 g/mol. The van der Waals surface area contributed by atoms with Crippen molar-refractivity contribution in [3.8, 4) is 0 Å². The molecule has 0 aliphatic heterocycles. The first-order chi connectivity index (χ1) is 26.4. The highest BCUT2D eigenvalue weighted by Crippen LogP contribution is 2.34. The van der Waals surface area contributed by atoms with Crippen molar-refractivity contribution >= 4 is 18.5 Å². The molecule has 4 aromatic rings. The molecule has 7 nitrogen and oxygen atoms in total. The maximum Gasteiger partial charge on any atom is 0.373 e. The summed E-state index contributed by atoms with van der Waals surface area (Å²) in [6, 6.07) is 43.1. The van der Waals surface area contributed by atoms with Gasteiger partial charge in [0.1, 0.15) is 0 Å². The minimum Gasteiger partial charge on any atom is -0.324 e. The zero-order valence-electron chi connectivity index (χ0n) is 32.0. The fourth-order valence-corrected chi connectivity index (χ4v) is 7.24. The van der Waals surface area contributed by atoms with Gasteiger partial charge in [-0.05, 0) is 85.5 Å². The minimum absolute atomic E-state index is 0.159. The van der Waals surface area contributed by atoms with Crippen LogP contribution in [-0.2, 0) is 28.8 Å². The zero-order valence-corrected chi connectivity index (χ0v) is 32.0. The molecule has 3 saturated carbocycles. The van der Waals surface area contributed by atoms with E-state index in [2.05, 4.69) is 91.0 Å². The first kappa shape index (κ1) is 47.0. The average molecular weight is 734 g/mol. The van der Waals surface area contributed by atoms with Crippen molar-refractivity contribution in [2.75, 3.05) is 0 Å². The standard InChI is InChI=1S/3C12H16.C8H11N.3CO2/c3*1-3-7-11(8-4-1)12-9-5-2-6-10-12;1-7(9)8-5-3-2-4-6-8;3*2-1-3/h3*1,3-4,7-8,12H,2,5-6,9-10H2;2-7H,9H2,1H3;;;/t;;;7-;;;/m...1.../s1. The molecule has 3 aliphatic carbocycles. The minimum atomic E-state index is 0.159. The van der Waals surface area contributed by atoms with Gasteiger partial charge in [0.15, 0.2) is 0 Å². The molecule has 0 radical (unpaired) electrons. The lowest BCUT2D eigenvalue weighted by Crippen LogP contribution is -2.03. The third kappa shape index (κ3) is 22.1. The Morgan fingerprint density at radius 1 is 0.389 bits per heavy atom. The van der Waals surface area contributed by atoms with Crippen LogP contribution in [0.25, 0.3) is 0 Å². The zero-order chi connectivity index (χ0) is 39.5. The summed E-state index contributed by atoms with van der Waals surface area (Å²) in [5.41, 5.74) is 11.5. The molecule has 2 N–H and O–H groups in total. The van der Waals surface area contributed by atoms with Gasteiger partial charge in [0.05, 0.1) is 0 Å². The lowest BCUT2D eigenvalue weighted by molar-refractivity contribution is -0.193. The Kier molecular flexibility index (Phi) is 28.4. The molecule has 7 heteroatoms. The fraction of sp³-hybridized carbons (Fsp3) is 0.426. The number of rotatable bonds is 4. The van der Waals surface area contributed by atoms with Crippen LogP contribution in [0.5, 0.6) is 0 Å². The third-order valence-corrected chi connectivity index (χ3v) is 9.95. The van der Waals surface area contributed by atoms with Crippen LogP contribution in [0.3, 0.4) is 0 Å². The molecule has 0 unspecified atom stereocenters. The summed E-state index contributed by atoms with van der Waals surface area (Å²) >= 11 is 0. The predicted octanol–water partition coefficient (Wildman–Crippen LogP) is 11.2. The largest absolute Gasteiger partial charge is 0.373 e. The fourth-order valence-electron chi connectivity index (χ4n) is 7.24. The van der Waals surface area contributed by atoms with Crippen molar-refractivity contribution in [1.82, 2.24) is 0 Å². The third-order valence-electron chi connectivity index (χ3n) is 9.95. The molecule has 54 heavy (non-hydrogen) atoms. The summed E-state index contributed by atoms with van der Waals surface area (Å²) in [5.74, 6) is 2.58. The van der Waals surface area contributed by atoms with Gasteiger partial charge in [-0.25, -0.2) is 0 Å². The van der Waals surface area contributed by atoms with Crippen LogP contribution in [0.2, 0.25) is 0 Å². The molecular weight excluding hydrogens is 675 g/mol. The van der Waals surface area contributed by atoms with Crippen LogP contribution in [-0.4, -0.2) is 18.5 Å². The van der Waals surface area contributed by atoms with Gasteiger partial charge < -0.3 is 5.73 Å². The van der Waals surface area contributed by atoms with Crippen LogP contribution in [0.1, 0.15) is 149 Å². The van der Waals surface area contributed by atoms with Gasteiger partial charge in [0, 0.05) is 6.04 Å². The van der Waals surface area contributed by atoms with Crippen molar-refractivity contribution in [2.45, 2.75) is 127 Å². The van der Waals surface area contributed by atoms with E-state index in [1.807, 2.05) is 37.3 Å². The number of benzene rings is 4. The quantitative estimate of drug-likeness (QED) is 0.221. The Morgan fingerprint density at radius 3 is 0.778 bits per heavy atom. The van der Waals surface area contributed by atoms with E-state index in [-0.39, 0.29) is 24.5 Å². The van der Waals surface area contributed by atoms with Crippen molar-refractivity contribution in [3.63, 3.8) is 0 Å². The summed E-state index contributed by atoms with van der Waals surface area (Å²) in [6.07, 6.45) is 22.1. The molecule has 0 heterocycles. The Balaban J connectivity index is 0.000000336. The molecule has 7 rings (SSSR count). The van der Waals surface area contributed by atoms with Crippen molar-refractivity contribution < 1.29 is 28.8 Å². The van der Waals surface area contributed by atoms with Crippen molar-refractivity contribution in [2.24, 2.45) is 5.73 Å². The van der Waals surface area contributed by atoms with Crippen molar-refractivity contribution in [3.05, 3.63) is 144 Å². The van der Waals surface area contributed by atoms with Gasteiger partial charge in [-0.3, -0.25) is 0 Å². The number of hydrogen-bond donors (Lipinski definition) is 1.